The number of aromatic nitrogens is 1. The number of benzene rings is 1. The second-order valence-electron chi connectivity index (χ2n) is 4.80. The predicted molar refractivity (Wildman–Crippen MR) is 82.5 cm³/mol. The van der Waals surface area contributed by atoms with Gasteiger partial charge in [0.05, 0.1) is 5.02 Å². The summed E-state index contributed by atoms with van der Waals surface area (Å²) < 4.78 is 18.9. The van der Waals surface area contributed by atoms with Gasteiger partial charge in [-0.2, -0.15) is 0 Å². The highest BCUT2D eigenvalue weighted by Gasteiger charge is 2.06. The first-order valence-corrected chi connectivity index (χ1v) is 7.27. The molecule has 3 nitrogen and oxygen atoms in total. The van der Waals surface area contributed by atoms with Crippen LogP contribution < -0.4 is 10.1 Å². The lowest BCUT2D eigenvalue weighted by molar-refractivity contribution is 0.459. The molecule has 0 aliphatic carbocycles. The third-order valence-electron chi connectivity index (χ3n) is 3.00. The zero-order valence-electron chi connectivity index (χ0n) is 12.1. The van der Waals surface area contributed by atoms with E-state index in [1.165, 1.54) is 6.07 Å². The molecule has 0 aliphatic rings. The molecule has 0 saturated carbocycles. The van der Waals surface area contributed by atoms with E-state index >= 15 is 0 Å². The van der Waals surface area contributed by atoms with Crippen LogP contribution in [0.3, 0.4) is 0 Å². The lowest BCUT2D eigenvalue weighted by Crippen LogP contribution is -2.14. The van der Waals surface area contributed by atoms with Gasteiger partial charge in [-0.05, 0) is 49.2 Å². The average Bonchev–Trinajstić information content (AvgIpc) is 2.46. The lowest BCUT2D eigenvalue weighted by Gasteiger charge is -2.09. The maximum absolute atomic E-state index is 13.2. The highest BCUT2D eigenvalue weighted by atomic mass is 35.5. The number of nitrogens with one attached hydrogen (secondary N) is 1. The number of hydrogen-bond donors (Lipinski definition) is 1. The fraction of sp³-hybridized carbons (Fsp3) is 0.312. The van der Waals surface area contributed by atoms with Crippen LogP contribution in [0.25, 0.3) is 0 Å². The smallest absolute Gasteiger partial charge is 0.219 e. The Labute approximate surface area is 129 Å². The Morgan fingerprint density at radius 2 is 2.14 bits per heavy atom. The number of ether oxygens (including phenoxy) is 1. The van der Waals surface area contributed by atoms with Crippen molar-refractivity contribution >= 4 is 11.6 Å². The summed E-state index contributed by atoms with van der Waals surface area (Å²) in [5, 5.41) is 3.88. The van der Waals surface area contributed by atoms with Crippen molar-refractivity contribution in [3.8, 4) is 11.6 Å². The fourth-order valence-electron chi connectivity index (χ4n) is 1.85. The van der Waals surface area contributed by atoms with Crippen LogP contribution >= 0.6 is 11.6 Å². The molecule has 0 spiro atoms. The fourth-order valence-corrected chi connectivity index (χ4v) is 2.02. The van der Waals surface area contributed by atoms with Crippen LogP contribution in [0, 0.1) is 12.7 Å². The van der Waals surface area contributed by atoms with E-state index in [9.17, 15) is 4.39 Å². The molecular formula is C16H18ClFN2O. The zero-order valence-corrected chi connectivity index (χ0v) is 12.9. The quantitative estimate of drug-likeness (QED) is 0.799. The summed E-state index contributed by atoms with van der Waals surface area (Å²) in [6, 6.07) is 6.39. The van der Waals surface area contributed by atoms with Gasteiger partial charge in [-0.15, -0.1) is 0 Å². The van der Waals surface area contributed by atoms with Gasteiger partial charge < -0.3 is 10.1 Å². The van der Waals surface area contributed by atoms with Gasteiger partial charge in [-0.25, -0.2) is 9.37 Å². The molecule has 1 aromatic heterocycles. The second-order valence-corrected chi connectivity index (χ2v) is 5.21. The van der Waals surface area contributed by atoms with Crippen LogP contribution in [0.1, 0.15) is 24.5 Å². The molecule has 0 aliphatic heterocycles. The molecule has 0 radical (unpaired) electrons. The van der Waals surface area contributed by atoms with Crippen LogP contribution in [-0.4, -0.2) is 11.5 Å². The van der Waals surface area contributed by atoms with E-state index in [4.69, 9.17) is 16.3 Å². The minimum absolute atomic E-state index is 0.254. The summed E-state index contributed by atoms with van der Waals surface area (Å²) >= 11 is 6.12. The molecule has 21 heavy (non-hydrogen) atoms. The van der Waals surface area contributed by atoms with Gasteiger partial charge in [0, 0.05) is 18.8 Å². The first-order valence-electron chi connectivity index (χ1n) is 6.89. The Morgan fingerprint density at radius 3 is 2.86 bits per heavy atom. The van der Waals surface area contributed by atoms with Crippen LogP contribution in [0.15, 0.2) is 30.5 Å². The molecule has 0 amide bonds. The number of pyridine rings is 1. The van der Waals surface area contributed by atoms with E-state index in [0.717, 1.165) is 18.5 Å². The maximum Gasteiger partial charge on any atom is 0.219 e. The molecule has 0 unspecified atom stereocenters. The summed E-state index contributed by atoms with van der Waals surface area (Å²) in [6.07, 6.45) is 2.62. The van der Waals surface area contributed by atoms with Crippen molar-refractivity contribution in [1.29, 1.82) is 0 Å². The van der Waals surface area contributed by atoms with Crippen LogP contribution in [0.4, 0.5) is 4.39 Å². The Kier molecular flexibility index (Phi) is 5.53. The zero-order chi connectivity index (χ0) is 15.2. The van der Waals surface area contributed by atoms with Gasteiger partial charge in [-0.1, -0.05) is 18.5 Å². The van der Waals surface area contributed by atoms with Gasteiger partial charge in [-0.3, -0.25) is 0 Å². The average molecular weight is 309 g/mol. The van der Waals surface area contributed by atoms with E-state index in [0.29, 0.717) is 28.8 Å². The van der Waals surface area contributed by atoms with Crippen molar-refractivity contribution in [3.63, 3.8) is 0 Å². The highest BCUT2D eigenvalue weighted by Crippen LogP contribution is 2.25. The van der Waals surface area contributed by atoms with Crippen LogP contribution in [-0.2, 0) is 6.54 Å². The second kappa shape index (κ2) is 7.38. The van der Waals surface area contributed by atoms with E-state index in [-0.39, 0.29) is 5.82 Å². The number of rotatable bonds is 6. The van der Waals surface area contributed by atoms with Crippen molar-refractivity contribution in [3.05, 3.63) is 52.4 Å². The van der Waals surface area contributed by atoms with Gasteiger partial charge in [0.2, 0.25) is 5.88 Å². The summed E-state index contributed by atoms with van der Waals surface area (Å²) in [5.74, 6) is 0.741. The van der Waals surface area contributed by atoms with E-state index < -0.39 is 0 Å². The highest BCUT2D eigenvalue weighted by molar-refractivity contribution is 6.31. The van der Waals surface area contributed by atoms with E-state index in [1.54, 1.807) is 31.3 Å². The largest absolute Gasteiger partial charge is 0.439 e. The van der Waals surface area contributed by atoms with Gasteiger partial charge >= 0.3 is 0 Å². The Morgan fingerprint density at radius 1 is 1.33 bits per heavy atom. The van der Waals surface area contributed by atoms with Crippen molar-refractivity contribution in [2.24, 2.45) is 0 Å². The molecule has 0 atom stereocenters. The van der Waals surface area contributed by atoms with Gasteiger partial charge in [0.15, 0.2) is 0 Å². The lowest BCUT2D eigenvalue weighted by atomic mass is 10.2. The minimum Gasteiger partial charge on any atom is -0.439 e. The standard InChI is InChI=1S/C16H18ClFN2O/c1-3-6-19-9-12-8-16(20-10-14(12)17)21-13-4-5-15(18)11(2)7-13/h4-5,7-8,10,19H,3,6,9H2,1-2H3. The van der Waals surface area contributed by atoms with Gasteiger partial charge in [0.25, 0.3) is 0 Å². The summed E-state index contributed by atoms with van der Waals surface area (Å²) in [7, 11) is 0. The van der Waals surface area contributed by atoms with Crippen LogP contribution in [0.2, 0.25) is 5.02 Å². The monoisotopic (exact) mass is 308 g/mol. The molecule has 112 valence electrons. The Bertz CT molecular complexity index is 619. The third kappa shape index (κ3) is 4.41. The first-order chi connectivity index (χ1) is 10.1. The Hall–Kier alpha value is -1.65. The molecule has 2 rings (SSSR count). The molecular weight excluding hydrogens is 291 g/mol. The molecule has 1 aromatic carbocycles. The molecule has 0 saturated heterocycles. The summed E-state index contributed by atoms with van der Waals surface area (Å²) in [5.41, 5.74) is 1.46. The maximum atomic E-state index is 13.2. The number of halogens is 2. The van der Waals surface area contributed by atoms with Crippen LogP contribution in [0.5, 0.6) is 11.6 Å². The Balaban J connectivity index is 2.12. The molecule has 0 bridgehead atoms. The normalized spacial score (nSPS) is 10.7. The minimum atomic E-state index is -0.254. The number of aryl methyl sites for hydroxylation is 1. The summed E-state index contributed by atoms with van der Waals surface area (Å²) in [6.45, 7) is 5.38. The van der Waals surface area contributed by atoms with E-state index in [1.807, 2.05) is 0 Å². The molecule has 2 aromatic rings. The molecule has 1 heterocycles. The van der Waals surface area contributed by atoms with Gasteiger partial charge in [0.1, 0.15) is 11.6 Å². The summed E-state index contributed by atoms with van der Waals surface area (Å²) in [4.78, 5) is 4.14. The molecule has 0 fully saturated rings. The predicted octanol–water partition coefficient (Wildman–Crippen LogP) is 4.47. The van der Waals surface area contributed by atoms with E-state index in [2.05, 4.69) is 17.2 Å². The SMILES string of the molecule is CCCNCc1cc(Oc2ccc(F)c(C)c2)ncc1Cl. The molecule has 5 heteroatoms. The topological polar surface area (TPSA) is 34.1 Å². The van der Waals surface area contributed by atoms with Crippen molar-refractivity contribution in [1.82, 2.24) is 10.3 Å². The molecule has 1 N–H and O–H groups in total. The van der Waals surface area contributed by atoms with Crippen molar-refractivity contribution < 1.29 is 9.13 Å². The number of hydrogen-bond acceptors (Lipinski definition) is 3. The third-order valence-corrected chi connectivity index (χ3v) is 3.34. The van der Waals surface area contributed by atoms with Crippen molar-refractivity contribution in [2.45, 2.75) is 26.8 Å². The first kappa shape index (κ1) is 15.7. The number of nitrogens with zero attached hydrogens (tertiary/aromatic N) is 1. The van der Waals surface area contributed by atoms with Crippen molar-refractivity contribution in [2.75, 3.05) is 6.54 Å².